The number of aromatic nitrogens is 2. The van der Waals surface area contributed by atoms with Gasteiger partial charge >= 0.3 is 12.0 Å². The Kier molecular flexibility index (Phi) is 4.02. The van der Waals surface area contributed by atoms with Crippen molar-refractivity contribution in [2.24, 2.45) is 5.92 Å². The molecule has 1 unspecified atom stereocenters. The third kappa shape index (κ3) is 3.14. The van der Waals surface area contributed by atoms with Crippen molar-refractivity contribution < 1.29 is 14.4 Å². The molecular formula is C14H17N3O3. The number of nitrogens with zero attached hydrogens (tertiary/aromatic N) is 3. The molecule has 1 atom stereocenters. The zero-order valence-corrected chi connectivity index (χ0v) is 11.7. The van der Waals surface area contributed by atoms with Crippen LogP contribution in [-0.4, -0.2) is 34.8 Å². The molecule has 1 aromatic heterocycles. The Balaban J connectivity index is 2.12. The van der Waals surface area contributed by atoms with Crippen molar-refractivity contribution in [1.29, 1.82) is 0 Å². The first-order chi connectivity index (χ1) is 9.47. The number of benzene rings is 1. The molecular weight excluding hydrogens is 258 g/mol. The highest BCUT2D eigenvalue weighted by molar-refractivity contribution is 5.70. The SMILES string of the molecule is Cc1ccc(-c2noc(N(C)CC(C)C(=O)O)n2)cc1. The molecule has 0 saturated carbocycles. The third-order valence-corrected chi connectivity index (χ3v) is 3.02. The first-order valence-electron chi connectivity index (χ1n) is 6.32. The number of rotatable bonds is 5. The Labute approximate surface area is 117 Å². The van der Waals surface area contributed by atoms with Gasteiger partial charge in [0.05, 0.1) is 5.92 Å². The second-order valence-corrected chi connectivity index (χ2v) is 4.89. The second-order valence-electron chi connectivity index (χ2n) is 4.89. The van der Waals surface area contributed by atoms with E-state index in [0.717, 1.165) is 11.1 Å². The molecule has 0 spiro atoms. The highest BCUT2D eigenvalue weighted by Crippen LogP contribution is 2.20. The fourth-order valence-corrected chi connectivity index (χ4v) is 1.76. The standard InChI is InChI=1S/C14H17N3O3/c1-9-4-6-11(7-5-9)12-15-14(20-16-12)17(3)8-10(2)13(18)19/h4-7,10H,8H2,1-3H3,(H,18,19). The number of aryl methyl sites for hydroxylation is 1. The molecule has 0 aliphatic rings. The third-order valence-electron chi connectivity index (χ3n) is 3.02. The summed E-state index contributed by atoms with van der Waals surface area (Å²) in [5, 5.41) is 12.8. The molecule has 0 radical (unpaired) electrons. The van der Waals surface area contributed by atoms with Crippen LogP contribution in [0.2, 0.25) is 0 Å². The Morgan fingerprint density at radius 1 is 1.40 bits per heavy atom. The lowest BCUT2D eigenvalue weighted by Crippen LogP contribution is -2.28. The van der Waals surface area contributed by atoms with E-state index in [1.165, 1.54) is 0 Å². The van der Waals surface area contributed by atoms with E-state index in [1.54, 1.807) is 18.9 Å². The second kappa shape index (κ2) is 5.73. The summed E-state index contributed by atoms with van der Waals surface area (Å²) in [6, 6.07) is 8.10. The van der Waals surface area contributed by atoms with Crippen LogP contribution in [0, 0.1) is 12.8 Å². The van der Waals surface area contributed by atoms with Gasteiger partial charge in [0.2, 0.25) is 5.82 Å². The maximum absolute atomic E-state index is 10.8. The predicted octanol–water partition coefficient (Wildman–Crippen LogP) is 2.20. The molecule has 0 aliphatic carbocycles. The molecule has 0 aliphatic heterocycles. The van der Waals surface area contributed by atoms with Gasteiger partial charge in [-0.15, -0.1) is 0 Å². The van der Waals surface area contributed by atoms with E-state index in [1.807, 2.05) is 31.2 Å². The maximum atomic E-state index is 10.8. The summed E-state index contributed by atoms with van der Waals surface area (Å²) < 4.78 is 5.16. The normalized spacial score (nSPS) is 12.2. The Bertz CT molecular complexity index is 592. The van der Waals surface area contributed by atoms with E-state index in [4.69, 9.17) is 9.63 Å². The van der Waals surface area contributed by atoms with Crippen LogP contribution in [0.15, 0.2) is 28.8 Å². The van der Waals surface area contributed by atoms with Crippen LogP contribution in [0.5, 0.6) is 0 Å². The van der Waals surface area contributed by atoms with Gasteiger partial charge in [-0.25, -0.2) is 0 Å². The number of carboxylic acid groups (broad SMARTS) is 1. The van der Waals surface area contributed by atoms with Crippen LogP contribution in [0.4, 0.5) is 6.01 Å². The van der Waals surface area contributed by atoms with Crippen molar-refractivity contribution in [1.82, 2.24) is 10.1 Å². The highest BCUT2D eigenvalue weighted by atomic mass is 16.5. The van der Waals surface area contributed by atoms with E-state index in [9.17, 15) is 4.79 Å². The predicted molar refractivity (Wildman–Crippen MR) is 74.5 cm³/mol. The summed E-state index contributed by atoms with van der Waals surface area (Å²) in [5.41, 5.74) is 2.02. The molecule has 0 fully saturated rings. The summed E-state index contributed by atoms with van der Waals surface area (Å²) in [7, 11) is 1.73. The average Bonchev–Trinajstić information content (AvgIpc) is 2.89. The van der Waals surface area contributed by atoms with Crippen molar-refractivity contribution in [3.63, 3.8) is 0 Å². The van der Waals surface area contributed by atoms with Gasteiger partial charge in [0.1, 0.15) is 0 Å². The molecule has 6 nitrogen and oxygen atoms in total. The molecule has 1 aromatic carbocycles. The zero-order chi connectivity index (χ0) is 14.7. The van der Waals surface area contributed by atoms with Gasteiger partial charge in [-0.3, -0.25) is 4.79 Å². The molecule has 0 bridgehead atoms. The van der Waals surface area contributed by atoms with Crippen molar-refractivity contribution in [3.8, 4) is 11.4 Å². The van der Waals surface area contributed by atoms with Gasteiger partial charge in [0.25, 0.3) is 0 Å². The van der Waals surface area contributed by atoms with E-state index in [-0.39, 0.29) is 0 Å². The van der Waals surface area contributed by atoms with Crippen molar-refractivity contribution in [2.75, 3.05) is 18.5 Å². The fraction of sp³-hybridized carbons (Fsp3) is 0.357. The lowest BCUT2D eigenvalue weighted by molar-refractivity contribution is -0.140. The minimum absolute atomic E-state index is 0.310. The molecule has 6 heteroatoms. The quantitative estimate of drug-likeness (QED) is 0.901. The lowest BCUT2D eigenvalue weighted by Gasteiger charge is -2.15. The molecule has 0 amide bonds. The van der Waals surface area contributed by atoms with Crippen LogP contribution in [-0.2, 0) is 4.79 Å². The minimum atomic E-state index is -0.852. The van der Waals surface area contributed by atoms with Crippen LogP contribution in [0.25, 0.3) is 11.4 Å². The number of hydrogen-bond acceptors (Lipinski definition) is 5. The van der Waals surface area contributed by atoms with Crippen molar-refractivity contribution in [2.45, 2.75) is 13.8 Å². The van der Waals surface area contributed by atoms with E-state index in [0.29, 0.717) is 18.4 Å². The van der Waals surface area contributed by atoms with Gasteiger partial charge in [-0.05, 0) is 6.92 Å². The van der Waals surface area contributed by atoms with Gasteiger partial charge in [-0.1, -0.05) is 41.9 Å². The summed E-state index contributed by atoms with van der Waals surface area (Å²) in [6.07, 6.45) is 0. The number of carboxylic acids is 1. The monoisotopic (exact) mass is 275 g/mol. The fourth-order valence-electron chi connectivity index (χ4n) is 1.76. The molecule has 1 N–H and O–H groups in total. The maximum Gasteiger partial charge on any atom is 0.324 e. The first kappa shape index (κ1) is 14.0. The topological polar surface area (TPSA) is 79.5 Å². The van der Waals surface area contributed by atoms with Crippen LogP contribution < -0.4 is 4.90 Å². The number of anilines is 1. The lowest BCUT2D eigenvalue weighted by atomic mass is 10.1. The van der Waals surface area contributed by atoms with Crippen LogP contribution >= 0.6 is 0 Å². The van der Waals surface area contributed by atoms with Crippen molar-refractivity contribution in [3.05, 3.63) is 29.8 Å². The molecule has 2 rings (SSSR count). The largest absolute Gasteiger partial charge is 0.481 e. The molecule has 106 valence electrons. The van der Waals surface area contributed by atoms with Crippen LogP contribution in [0.3, 0.4) is 0 Å². The van der Waals surface area contributed by atoms with Crippen LogP contribution in [0.1, 0.15) is 12.5 Å². The number of carbonyl (C=O) groups is 1. The van der Waals surface area contributed by atoms with E-state index in [2.05, 4.69) is 10.1 Å². The van der Waals surface area contributed by atoms with Crippen molar-refractivity contribution >= 4 is 12.0 Å². The number of aliphatic carboxylic acids is 1. The summed E-state index contributed by atoms with van der Waals surface area (Å²) in [6.45, 7) is 3.95. The molecule has 20 heavy (non-hydrogen) atoms. The molecule has 0 saturated heterocycles. The summed E-state index contributed by atoms with van der Waals surface area (Å²) >= 11 is 0. The Morgan fingerprint density at radius 3 is 2.65 bits per heavy atom. The summed E-state index contributed by atoms with van der Waals surface area (Å²) in [5.74, 6) is -0.861. The molecule has 1 heterocycles. The average molecular weight is 275 g/mol. The van der Waals surface area contributed by atoms with E-state index < -0.39 is 11.9 Å². The highest BCUT2D eigenvalue weighted by Gasteiger charge is 2.18. The molecule has 2 aromatic rings. The van der Waals surface area contributed by atoms with E-state index >= 15 is 0 Å². The Hall–Kier alpha value is -2.37. The van der Waals surface area contributed by atoms with Gasteiger partial charge in [0, 0.05) is 19.2 Å². The first-order valence-corrected chi connectivity index (χ1v) is 6.32. The minimum Gasteiger partial charge on any atom is -0.481 e. The number of hydrogen-bond donors (Lipinski definition) is 1. The zero-order valence-electron chi connectivity index (χ0n) is 11.7. The summed E-state index contributed by atoms with van der Waals surface area (Å²) in [4.78, 5) is 16.8. The Morgan fingerprint density at radius 2 is 2.05 bits per heavy atom. The smallest absolute Gasteiger partial charge is 0.324 e. The van der Waals surface area contributed by atoms with Gasteiger partial charge < -0.3 is 14.5 Å². The van der Waals surface area contributed by atoms with Gasteiger partial charge in [0.15, 0.2) is 0 Å². The van der Waals surface area contributed by atoms with Gasteiger partial charge in [-0.2, -0.15) is 4.98 Å².